The highest BCUT2D eigenvalue weighted by molar-refractivity contribution is 5.99. The number of carbonyl (C=O) groups excluding carboxylic acids is 1. The summed E-state index contributed by atoms with van der Waals surface area (Å²) in [4.78, 5) is 12.2. The maximum atomic E-state index is 13.1. The highest BCUT2D eigenvalue weighted by Gasteiger charge is 2.40. The van der Waals surface area contributed by atoms with Gasteiger partial charge in [0.15, 0.2) is 5.78 Å². The molecule has 0 spiro atoms. The van der Waals surface area contributed by atoms with Crippen LogP contribution in [0.1, 0.15) is 36.3 Å². The molecule has 1 aromatic carbocycles. The lowest BCUT2D eigenvalue weighted by molar-refractivity contribution is -0.116. The second-order valence-corrected chi connectivity index (χ2v) is 5.59. The molecule has 1 atom stereocenters. The van der Waals surface area contributed by atoms with Gasteiger partial charge in [-0.2, -0.15) is 18.4 Å². The van der Waals surface area contributed by atoms with Gasteiger partial charge in [-0.05, 0) is 36.6 Å². The van der Waals surface area contributed by atoms with Gasteiger partial charge in [0.1, 0.15) is 5.70 Å². The third kappa shape index (κ3) is 2.87. The Labute approximate surface area is 131 Å². The van der Waals surface area contributed by atoms with E-state index in [1.165, 1.54) is 6.07 Å². The van der Waals surface area contributed by atoms with Gasteiger partial charge < -0.3 is 5.32 Å². The predicted molar refractivity (Wildman–Crippen MR) is 77.1 cm³/mol. The molecule has 3 rings (SSSR count). The van der Waals surface area contributed by atoms with Crippen LogP contribution in [0.5, 0.6) is 0 Å². The molecule has 6 heteroatoms. The average molecular weight is 318 g/mol. The number of dihydropyridines is 1. The Bertz CT molecular complexity index is 769. The van der Waals surface area contributed by atoms with Crippen molar-refractivity contribution in [2.24, 2.45) is 0 Å². The predicted octanol–water partition coefficient (Wildman–Crippen LogP) is 3.70. The third-order valence-electron chi connectivity index (χ3n) is 4.07. The molecule has 2 aliphatic rings. The second-order valence-electron chi connectivity index (χ2n) is 5.59. The lowest BCUT2D eigenvalue weighted by Gasteiger charge is -2.32. The van der Waals surface area contributed by atoms with E-state index in [0.717, 1.165) is 6.08 Å². The number of carbonyl (C=O) groups is 1. The van der Waals surface area contributed by atoms with Gasteiger partial charge in [0.25, 0.3) is 0 Å². The van der Waals surface area contributed by atoms with Gasteiger partial charge in [0.2, 0.25) is 0 Å². The van der Waals surface area contributed by atoms with Crippen molar-refractivity contribution < 1.29 is 18.0 Å². The number of nitrogens with one attached hydrogen (secondary N) is 1. The van der Waals surface area contributed by atoms with E-state index >= 15 is 0 Å². The quantitative estimate of drug-likeness (QED) is 0.859. The van der Waals surface area contributed by atoms with E-state index in [1.54, 1.807) is 18.2 Å². The van der Waals surface area contributed by atoms with Crippen molar-refractivity contribution in [1.82, 2.24) is 5.32 Å². The summed E-state index contributed by atoms with van der Waals surface area (Å²) in [5, 5.41) is 11.4. The van der Waals surface area contributed by atoms with Crippen LogP contribution in [-0.4, -0.2) is 12.0 Å². The molecule has 1 heterocycles. The molecule has 0 fully saturated rings. The van der Waals surface area contributed by atoms with Gasteiger partial charge in [-0.1, -0.05) is 12.1 Å². The largest absolute Gasteiger partial charge is 0.430 e. The fraction of sp³-hybridized carbons (Fsp3) is 0.294. The number of hydrogen-bond donors (Lipinski definition) is 1. The van der Waals surface area contributed by atoms with Crippen molar-refractivity contribution >= 4 is 5.78 Å². The Kier molecular flexibility index (Phi) is 3.72. The number of benzene rings is 1. The van der Waals surface area contributed by atoms with Crippen LogP contribution in [0.15, 0.2) is 47.3 Å². The van der Waals surface area contributed by atoms with Crippen molar-refractivity contribution in [1.29, 1.82) is 5.26 Å². The second kappa shape index (κ2) is 5.58. The van der Waals surface area contributed by atoms with E-state index in [0.29, 0.717) is 41.7 Å². The summed E-state index contributed by atoms with van der Waals surface area (Å²) in [6, 6.07) is 8.35. The van der Waals surface area contributed by atoms with E-state index in [-0.39, 0.29) is 5.78 Å². The van der Waals surface area contributed by atoms with E-state index in [9.17, 15) is 18.0 Å². The van der Waals surface area contributed by atoms with Crippen molar-refractivity contribution in [3.8, 4) is 6.07 Å². The van der Waals surface area contributed by atoms with E-state index in [4.69, 9.17) is 5.26 Å². The van der Waals surface area contributed by atoms with Crippen molar-refractivity contribution in [3.05, 3.63) is 58.4 Å². The molecule has 0 radical (unpaired) electrons. The summed E-state index contributed by atoms with van der Waals surface area (Å²) in [5.74, 6) is -0.910. The number of rotatable bonds is 1. The molecule has 3 nitrogen and oxygen atoms in total. The molecule has 0 unspecified atom stereocenters. The average Bonchev–Trinajstić information content (AvgIpc) is 2.53. The summed E-state index contributed by atoms with van der Waals surface area (Å²) in [7, 11) is 0. The number of hydrogen-bond acceptors (Lipinski definition) is 3. The molecule has 0 bridgehead atoms. The lowest BCUT2D eigenvalue weighted by Crippen LogP contribution is -2.34. The summed E-state index contributed by atoms with van der Waals surface area (Å²) in [5.41, 5.74) is 0.768. The molecular formula is C17H13F3N2O. The monoisotopic (exact) mass is 318 g/mol. The van der Waals surface area contributed by atoms with Crippen molar-refractivity contribution in [2.75, 3.05) is 0 Å². The number of Topliss-reactive ketones (excluding diaryl/α,β-unsaturated/α-hetero) is 1. The molecule has 0 aromatic heterocycles. The standard InChI is InChI=1S/C17H13F3N2O/c18-17(19,20)15-8-12(11-4-1-3-10(7-11)9-21)16-13(22-15)5-2-6-14(16)23/h1,3-4,7-8,12,22H,2,5-6H2/t12-/m1/s1. The first-order valence-electron chi connectivity index (χ1n) is 7.22. The molecule has 0 saturated heterocycles. The smallest absolute Gasteiger partial charge is 0.355 e. The zero-order chi connectivity index (χ0) is 16.6. The molecule has 0 saturated carbocycles. The van der Waals surface area contributed by atoms with Crippen LogP contribution >= 0.6 is 0 Å². The molecule has 23 heavy (non-hydrogen) atoms. The summed E-state index contributed by atoms with van der Waals surface area (Å²) < 4.78 is 39.4. The van der Waals surface area contributed by atoms with Gasteiger partial charge in [-0.3, -0.25) is 4.79 Å². The SMILES string of the molecule is N#Cc1cccc([C@H]2C=C(C(F)(F)F)NC3=C2C(=O)CCC3)c1. The van der Waals surface area contributed by atoms with Crippen molar-refractivity contribution in [3.63, 3.8) is 0 Å². The Morgan fingerprint density at radius 1 is 1.26 bits per heavy atom. The maximum absolute atomic E-state index is 13.1. The molecule has 118 valence electrons. The maximum Gasteiger partial charge on any atom is 0.430 e. The molecular weight excluding hydrogens is 305 g/mol. The summed E-state index contributed by atoms with van der Waals surface area (Å²) in [6.07, 6.45) is -2.17. The first kappa shape index (κ1) is 15.3. The molecule has 1 aliphatic carbocycles. The van der Waals surface area contributed by atoms with E-state index < -0.39 is 17.8 Å². The molecule has 1 N–H and O–H groups in total. The number of ketones is 1. The van der Waals surface area contributed by atoms with Crippen LogP contribution in [-0.2, 0) is 4.79 Å². The van der Waals surface area contributed by atoms with Crippen LogP contribution < -0.4 is 5.32 Å². The van der Waals surface area contributed by atoms with Crippen molar-refractivity contribution in [2.45, 2.75) is 31.4 Å². The highest BCUT2D eigenvalue weighted by atomic mass is 19.4. The van der Waals surface area contributed by atoms with Gasteiger partial charge in [-0.25, -0.2) is 0 Å². The Hall–Kier alpha value is -2.55. The Balaban J connectivity index is 2.13. The van der Waals surface area contributed by atoms with Crippen LogP contribution in [0.3, 0.4) is 0 Å². The third-order valence-corrected chi connectivity index (χ3v) is 4.07. The number of halogens is 3. The number of alkyl halides is 3. The Morgan fingerprint density at radius 2 is 2.04 bits per heavy atom. The minimum absolute atomic E-state index is 0.136. The first-order valence-corrected chi connectivity index (χ1v) is 7.22. The molecule has 0 amide bonds. The van der Waals surface area contributed by atoms with Gasteiger partial charge in [-0.15, -0.1) is 0 Å². The molecule has 1 aliphatic heterocycles. The highest BCUT2D eigenvalue weighted by Crippen LogP contribution is 2.40. The number of nitrogens with zero attached hydrogens (tertiary/aromatic N) is 1. The number of nitriles is 1. The minimum atomic E-state index is -4.51. The van der Waals surface area contributed by atoms with E-state index in [2.05, 4.69) is 5.32 Å². The van der Waals surface area contributed by atoms with Gasteiger partial charge in [0, 0.05) is 23.6 Å². The first-order chi connectivity index (χ1) is 10.9. The van der Waals surface area contributed by atoms with Gasteiger partial charge in [0.05, 0.1) is 11.6 Å². The minimum Gasteiger partial charge on any atom is -0.355 e. The van der Waals surface area contributed by atoms with Crippen LogP contribution in [0, 0.1) is 11.3 Å². The van der Waals surface area contributed by atoms with Gasteiger partial charge >= 0.3 is 6.18 Å². The zero-order valence-electron chi connectivity index (χ0n) is 12.1. The summed E-state index contributed by atoms with van der Waals surface area (Å²) >= 11 is 0. The van der Waals surface area contributed by atoms with Crippen LogP contribution in [0.25, 0.3) is 0 Å². The lowest BCUT2D eigenvalue weighted by atomic mass is 9.79. The fourth-order valence-electron chi connectivity index (χ4n) is 3.04. The summed E-state index contributed by atoms with van der Waals surface area (Å²) in [6.45, 7) is 0. The zero-order valence-corrected chi connectivity index (χ0v) is 12.1. The normalized spacial score (nSPS) is 21.2. The topological polar surface area (TPSA) is 52.9 Å². The Morgan fingerprint density at radius 3 is 2.74 bits per heavy atom. The van der Waals surface area contributed by atoms with E-state index in [1.807, 2.05) is 6.07 Å². The number of allylic oxidation sites excluding steroid dienone is 4. The van der Waals surface area contributed by atoms with Crippen LogP contribution in [0.2, 0.25) is 0 Å². The molecule has 1 aromatic rings. The fourth-order valence-corrected chi connectivity index (χ4v) is 3.04. The van der Waals surface area contributed by atoms with Crippen LogP contribution in [0.4, 0.5) is 13.2 Å².